The lowest BCUT2D eigenvalue weighted by Crippen LogP contribution is -2.18. The molecule has 9 heteroatoms. The van der Waals surface area contributed by atoms with Crippen molar-refractivity contribution >= 4 is 11.8 Å². The van der Waals surface area contributed by atoms with Crippen LogP contribution >= 0.6 is 0 Å². The van der Waals surface area contributed by atoms with Gasteiger partial charge in [0, 0.05) is 58.8 Å². The van der Waals surface area contributed by atoms with Crippen LogP contribution in [0.2, 0.25) is 0 Å². The second kappa shape index (κ2) is 12.9. The van der Waals surface area contributed by atoms with Crippen LogP contribution in [0.3, 0.4) is 0 Å². The van der Waals surface area contributed by atoms with Crippen LogP contribution in [0, 0.1) is 0 Å². The quantitative estimate of drug-likeness (QED) is 0.195. The molecular formula is C39H27N9. The largest absolute Gasteiger partial charge is 0.366 e. The summed E-state index contributed by atoms with van der Waals surface area (Å²) in [6.07, 6.45) is 8.85. The van der Waals surface area contributed by atoms with Gasteiger partial charge in [-0.3, -0.25) is 19.9 Å². The Hall–Kier alpha value is -6.74. The van der Waals surface area contributed by atoms with E-state index in [1.807, 2.05) is 140 Å². The summed E-state index contributed by atoms with van der Waals surface area (Å²) in [4.78, 5) is 37.9. The molecule has 8 rings (SSSR count). The molecule has 0 amide bonds. The van der Waals surface area contributed by atoms with Crippen LogP contribution in [0.25, 0.3) is 62.6 Å². The van der Waals surface area contributed by atoms with Crippen LogP contribution in [0.4, 0.5) is 0 Å². The first kappa shape index (κ1) is 28.7. The molecule has 0 aliphatic carbocycles. The normalized spacial score (nSPS) is 13.8. The molecule has 9 nitrogen and oxygen atoms in total. The highest BCUT2D eigenvalue weighted by molar-refractivity contribution is 6.10. The van der Waals surface area contributed by atoms with E-state index < -0.39 is 0 Å². The predicted octanol–water partition coefficient (Wildman–Crippen LogP) is 7.50. The summed E-state index contributed by atoms with van der Waals surface area (Å²) >= 11 is 0. The van der Waals surface area contributed by atoms with Crippen molar-refractivity contribution in [1.82, 2.24) is 40.2 Å². The maximum absolute atomic E-state index is 4.87. The third-order valence-corrected chi connectivity index (χ3v) is 7.80. The zero-order valence-electron chi connectivity index (χ0n) is 25.6. The molecule has 1 aliphatic heterocycles. The molecule has 0 saturated carbocycles. The molecule has 0 saturated heterocycles. The van der Waals surface area contributed by atoms with Crippen molar-refractivity contribution in [3.05, 3.63) is 157 Å². The number of allylic oxidation sites excluding steroid dienone is 1. The minimum Gasteiger partial charge on any atom is -0.366 e. The molecule has 0 bridgehead atoms. The Bertz CT molecular complexity index is 2120. The van der Waals surface area contributed by atoms with E-state index in [4.69, 9.17) is 29.9 Å². The molecule has 5 aromatic heterocycles. The monoisotopic (exact) mass is 621 g/mol. The lowest BCUT2D eigenvalue weighted by atomic mass is 10.1. The number of pyridine rings is 4. The Morgan fingerprint density at radius 1 is 0.458 bits per heavy atom. The summed E-state index contributed by atoms with van der Waals surface area (Å²) in [6, 6.07) is 39.3. The van der Waals surface area contributed by atoms with E-state index in [2.05, 4.69) is 15.3 Å². The maximum atomic E-state index is 4.87. The first-order chi connectivity index (χ1) is 23.8. The van der Waals surface area contributed by atoms with Crippen LogP contribution < -0.4 is 5.32 Å². The van der Waals surface area contributed by atoms with E-state index in [1.165, 1.54) is 0 Å². The van der Waals surface area contributed by atoms with Gasteiger partial charge in [0.05, 0.1) is 22.8 Å². The van der Waals surface area contributed by atoms with Crippen LogP contribution in [0.5, 0.6) is 0 Å². The summed E-state index contributed by atoms with van der Waals surface area (Å²) < 4.78 is 0. The van der Waals surface area contributed by atoms with Gasteiger partial charge in [0.25, 0.3) is 0 Å². The first-order valence-corrected chi connectivity index (χ1v) is 15.4. The Kier molecular flexibility index (Phi) is 7.74. The van der Waals surface area contributed by atoms with Gasteiger partial charge >= 0.3 is 0 Å². The van der Waals surface area contributed by atoms with Crippen LogP contribution in [-0.2, 0) is 0 Å². The molecule has 2 aromatic carbocycles. The van der Waals surface area contributed by atoms with Gasteiger partial charge in [0.2, 0.25) is 0 Å². The lowest BCUT2D eigenvalue weighted by molar-refractivity contribution is 0.654. The SMILES string of the molecule is C1=NC(c2cc(-c3ccccn3)nc(-c3ccccn3)c2)NC=C1c1ccc(-c2nc(-c3ccccc3)nc(-c3ccccc3)n2)nc1. The number of nitrogens with zero attached hydrogens (tertiary/aromatic N) is 8. The summed E-state index contributed by atoms with van der Waals surface area (Å²) in [5, 5.41) is 3.45. The molecule has 7 aromatic rings. The van der Waals surface area contributed by atoms with Crippen molar-refractivity contribution < 1.29 is 0 Å². The van der Waals surface area contributed by atoms with Gasteiger partial charge in [0.1, 0.15) is 11.9 Å². The van der Waals surface area contributed by atoms with E-state index in [0.29, 0.717) is 23.2 Å². The van der Waals surface area contributed by atoms with Gasteiger partial charge in [0.15, 0.2) is 17.5 Å². The Morgan fingerprint density at radius 2 is 1.04 bits per heavy atom. The maximum Gasteiger partial charge on any atom is 0.182 e. The van der Waals surface area contributed by atoms with Crippen molar-refractivity contribution in [1.29, 1.82) is 0 Å². The van der Waals surface area contributed by atoms with Gasteiger partial charge in [-0.25, -0.2) is 19.9 Å². The zero-order chi connectivity index (χ0) is 32.1. The summed E-state index contributed by atoms with van der Waals surface area (Å²) in [5.74, 6) is 1.69. The second-order valence-electron chi connectivity index (χ2n) is 11.0. The average Bonchev–Trinajstić information content (AvgIpc) is 3.19. The van der Waals surface area contributed by atoms with E-state index in [-0.39, 0.29) is 6.17 Å². The Labute approximate surface area is 277 Å². The minimum absolute atomic E-state index is 0.313. The Morgan fingerprint density at radius 3 is 1.54 bits per heavy atom. The number of hydrogen-bond acceptors (Lipinski definition) is 9. The van der Waals surface area contributed by atoms with Gasteiger partial charge in [-0.05, 0) is 42.5 Å². The van der Waals surface area contributed by atoms with Crippen molar-refractivity contribution in [2.75, 3.05) is 0 Å². The number of benzene rings is 2. The Balaban J connectivity index is 1.07. The summed E-state index contributed by atoms with van der Waals surface area (Å²) in [6.45, 7) is 0. The zero-order valence-corrected chi connectivity index (χ0v) is 25.6. The van der Waals surface area contributed by atoms with Crippen LogP contribution in [-0.4, -0.2) is 41.1 Å². The highest BCUT2D eigenvalue weighted by Crippen LogP contribution is 2.29. The third-order valence-electron chi connectivity index (χ3n) is 7.80. The lowest BCUT2D eigenvalue weighted by Gasteiger charge is -2.20. The molecule has 48 heavy (non-hydrogen) atoms. The molecule has 6 heterocycles. The predicted molar refractivity (Wildman–Crippen MR) is 187 cm³/mol. The number of rotatable bonds is 7. The number of aromatic nitrogens is 7. The molecular weight excluding hydrogens is 594 g/mol. The van der Waals surface area contributed by atoms with E-state index in [9.17, 15) is 0 Å². The number of aliphatic imine (C=N–C) groups is 1. The van der Waals surface area contributed by atoms with Crippen molar-refractivity contribution in [2.45, 2.75) is 6.17 Å². The molecule has 1 atom stereocenters. The molecule has 228 valence electrons. The van der Waals surface area contributed by atoms with Crippen LogP contribution in [0.1, 0.15) is 17.3 Å². The number of hydrogen-bond donors (Lipinski definition) is 1. The molecule has 0 fully saturated rings. The van der Waals surface area contributed by atoms with Crippen LogP contribution in [0.15, 0.2) is 151 Å². The molecule has 1 unspecified atom stereocenters. The van der Waals surface area contributed by atoms with E-state index >= 15 is 0 Å². The molecule has 0 radical (unpaired) electrons. The average molecular weight is 622 g/mol. The molecule has 1 N–H and O–H groups in total. The molecule has 0 spiro atoms. The fraction of sp³-hybridized carbons (Fsp3) is 0.0256. The third kappa shape index (κ3) is 6.08. The van der Waals surface area contributed by atoms with Crippen molar-refractivity contribution in [3.63, 3.8) is 0 Å². The molecule has 1 aliphatic rings. The van der Waals surface area contributed by atoms with Gasteiger partial charge in [-0.15, -0.1) is 0 Å². The topological polar surface area (TPSA) is 115 Å². The standard InChI is InChI=1S/C39H27N9/c1-3-11-26(12-4-1)37-46-38(27-13-5-2-6-14-27)48-39(47-37)33-18-17-28(23-42-33)30-24-43-36(44-25-30)29-21-34(31-15-7-9-19-40-31)45-35(22-29)32-16-8-10-20-41-32/h1-25,36,43H. The van der Waals surface area contributed by atoms with Gasteiger partial charge < -0.3 is 5.32 Å². The van der Waals surface area contributed by atoms with Gasteiger partial charge in [-0.2, -0.15) is 0 Å². The summed E-state index contributed by atoms with van der Waals surface area (Å²) in [7, 11) is 0. The number of nitrogens with one attached hydrogen (secondary N) is 1. The first-order valence-electron chi connectivity index (χ1n) is 15.4. The fourth-order valence-corrected chi connectivity index (χ4v) is 5.36. The summed E-state index contributed by atoms with van der Waals surface area (Å²) in [5.41, 5.74) is 8.30. The second-order valence-corrected chi connectivity index (χ2v) is 11.0. The highest BCUT2D eigenvalue weighted by Gasteiger charge is 2.18. The fourth-order valence-electron chi connectivity index (χ4n) is 5.36. The highest BCUT2D eigenvalue weighted by atomic mass is 15.1. The minimum atomic E-state index is -0.313. The van der Waals surface area contributed by atoms with Gasteiger partial charge in [-0.1, -0.05) is 78.9 Å². The van der Waals surface area contributed by atoms with E-state index in [1.54, 1.807) is 12.4 Å². The van der Waals surface area contributed by atoms with Crippen molar-refractivity contribution in [3.8, 4) is 57.1 Å². The van der Waals surface area contributed by atoms with Crippen molar-refractivity contribution in [2.24, 2.45) is 4.99 Å². The smallest absolute Gasteiger partial charge is 0.182 e. The van der Waals surface area contributed by atoms with E-state index in [0.717, 1.165) is 50.6 Å².